The minimum atomic E-state index is 0.626. The predicted molar refractivity (Wildman–Crippen MR) is 81.0 cm³/mol. The van der Waals surface area contributed by atoms with Gasteiger partial charge in [-0.25, -0.2) is 0 Å². The zero-order chi connectivity index (χ0) is 13.8. The second-order valence-corrected chi connectivity index (χ2v) is 5.10. The van der Waals surface area contributed by atoms with Crippen molar-refractivity contribution in [3.63, 3.8) is 0 Å². The van der Waals surface area contributed by atoms with Gasteiger partial charge in [0.25, 0.3) is 0 Å². The van der Waals surface area contributed by atoms with Crippen LogP contribution < -0.4 is 16.4 Å². The van der Waals surface area contributed by atoms with Gasteiger partial charge < -0.3 is 16.4 Å². The molecule has 2 unspecified atom stereocenters. The molecule has 0 saturated heterocycles. The third kappa shape index (κ3) is 8.86. The lowest BCUT2D eigenvalue weighted by molar-refractivity contribution is 0.210. The van der Waals surface area contributed by atoms with Crippen LogP contribution in [-0.4, -0.2) is 56.3 Å². The van der Waals surface area contributed by atoms with Crippen molar-refractivity contribution in [1.29, 1.82) is 0 Å². The van der Waals surface area contributed by atoms with Gasteiger partial charge in [0.1, 0.15) is 0 Å². The molecule has 4 N–H and O–H groups in total. The van der Waals surface area contributed by atoms with Gasteiger partial charge in [0.05, 0.1) is 0 Å². The predicted octanol–water partition coefficient (Wildman–Crippen LogP) is 1.02. The Bertz CT molecular complexity index is 175. The molecule has 0 rings (SSSR count). The second kappa shape index (κ2) is 11.9. The molecule has 0 heterocycles. The first-order valence-corrected chi connectivity index (χ1v) is 7.53. The normalized spacial score (nSPS) is 15.0. The van der Waals surface area contributed by atoms with Crippen LogP contribution in [0.15, 0.2) is 0 Å². The molecule has 0 spiro atoms. The summed E-state index contributed by atoms with van der Waals surface area (Å²) in [7, 11) is 0. The van der Waals surface area contributed by atoms with E-state index in [0.717, 1.165) is 39.3 Å². The highest BCUT2D eigenvalue weighted by Crippen LogP contribution is 2.01. The number of nitrogens with two attached hydrogens (primary N) is 1. The van der Waals surface area contributed by atoms with Gasteiger partial charge in [-0.15, -0.1) is 0 Å². The van der Waals surface area contributed by atoms with Crippen molar-refractivity contribution >= 4 is 0 Å². The molecule has 0 aromatic carbocycles. The van der Waals surface area contributed by atoms with Gasteiger partial charge in [-0.1, -0.05) is 13.8 Å². The highest BCUT2D eigenvalue weighted by atomic mass is 15.2. The van der Waals surface area contributed by atoms with E-state index in [2.05, 4.69) is 43.2 Å². The quantitative estimate of drug-likeness (QED) is 0.458. The molecule has 4 heteroatoms. The maximum Gasteiger partial charge on any atom is 0.0110 e. The summed E-state index contributed by atoms with van der Waals surface area (Å²) in [5.74, 6) is 0. The lowest BCUT2D eigenvalue weighted by atomic mass is 10.2. The highest BCUT2D eigenvalue weighted by Gasteiger charge is 2.09. The largest absolute Gasteiger partial charge is 0.329 e. The van der Waals surface area contributed by atoms with E-state index in [1.165, 1.54) is 12.8 Å². The van der Waals surface area contributed by atoms with Crippen LogP contribution in [0.1, 0.15) is 40.5 Å². The summed E-state index contributed by atoms with van der Waals surface area (Å²) in [6.07, 6.45) is 2.38. The molecule has 0 aliphatic heterocycles. The van der Waals surface area contributed by atoms with Crippen molar-refractivity contribution in [1.82, 2.24) is 15.5 Å². The summed E-state index contributed by atoms with van der Waals surface area (Å²) in [5.41, 5.74) is 5.65. The molecule has 18 heavy (non-hydrogen) atoms. The summed E-state index contributed by atoms with van der Waals surface area (Å²) < 4.78 is 0. The molecule has 0 aliphatic carbocycles. The van der Waals surface area contributed by atoms with Crippen LogP contribution in [0, 0.1) is 0 Å². The first kappa shape index (κ1) is 17.8. The average Bonchev–Trinajstić information content (AvgIpc) is 2.39. The van der Waals surface area contributed by atoms with Crippen LogP contribution in [0.3, 0.4) is 0 Å². The molecule has 0 fully saturated rings. The molecule has 0 amide bonds. The number of nitrogens with zero attached hydrogens (tertiary/aromatic N) is 1. The van der Waals surface area contributed by atoms with E-state index in [-0.39, 0.29) is 0 Å². The fourth-order valence-electron chi connectivity index (χ4n) is 1.88. The van der Waals surface area contributed by atoms with Crippen LogP contribution in [0.5, 0.6) is 0 Å². The lowest BCUT2D eigenvalue weighted by Gasteiger charge is -2.28. The van der Waals surface area contributed by atoms with Crippen LogP contribution >= 0.6 is 0 Å². The van der Waals surface area contributed by atoms with E-state index in [0.29, 0.717) is 12.1 Å². The molecule has 4 nitrogen and oxygen atoms in total. The van der Waals surface area contributed by atoms with E-state index >= 15 is 0 Å². The van der Waals surface area contributed by atoms with Crippen LogP contribution in [-0.2, 0) is 0 Å². The van der Waals surface area contributed by atoms with Crippen molar-refractivity contribution in [2.45, 2.75) is 52.6 Å². The average molecular weight is 258 g/mol. The fourth-order valence-corrected chi connectivity index (χ4v) is 1.88. The third-order valence-electron chi connectivity index (χ3n) is 3.61. The Morgan fingerprint density at radius 2 is 1.72 bits per heavy atom. The molecular formula is C14H34N4. The molecule has 0 bridgehead atoms. The van der Waals surface area contributed by atoms with Gasteiger partial charge in [-0.3, -0.25) is 4.90 Å². The molecule has 0 radical (unpaired) electrons. The van der Waals surface area contributed by atoms with Gasteiger partial charge in [0.2, 0.25) is 0 Å². The fraction of sp³-hybridized carbons (Fsp3) is 1.00. The van der Waals surface area contributed by atoms with Crippen LogP contribution in [0.4, 0.5) is 0 Å². The maximum atomic E-state index is 5.65. The van der Waals surface area contributed by atoms with E-state index in [4.69, 9.17) is 5.73 Å². The highest BCUT2D eigenvalue weighted by molar-refractivity contribution is 4.68. The van der Waals surface area contributed by atoms with Gasteiger partial charge in [0.15, 0.2) is 0 Å². The van der Waals surface area contributed by atoms with E-state index in [1.807, 2.05) is 0 Å². The molecule has 2 atom stereocenters. The van der Waals surface area contributed by atoms with Crippen molar-refractivity contribution in [2.24, 2.45) is 5.73 Å². The smallest absolute Gasteiger partial charge is 0.0110 e. The number of hydrogen-bond donors (Lipinski definition) is 3. The number of hydrogen-bond acceptors (Lipinski definition) is 4. The molecule has 0 aromatic rings. The van der Waals surface area contributed by atoms with Crippen molar-refractivity contribution < 1.29 is 0 Å². The van der Waals surface area contributed by atoms with Crippen molar-refractivity contribution in [3.05, 3.63) is 0 Å². The minimum Gasteiger partial charge on any atom is -0.329 e. The topological polar surface area (TPSA) is 53.3 Å². The Kier molecular flexibility index (Phi) is 11.8. The molecular weight excluding hydrogens is 224 g/mol. The minimum absolute atomic E-state index is 0.626. The standard InChI is InChI=1S/C14H34N4/c1-5-13(3)17-9-8-16-10-12-18(11-7-15)14(4)6-2/h13-14,16-17H,5-12,15H2,1-4H3. The molecule has 0 aliphatic rings. The van der Waals surface area contributed by atoms with Gasteiger partial charge >= 0.3 is 0 Å². The summed E-state index contributed by atoms with van der Waals surface area (Å²) in [4.78, 5) is 2.47. The summed E-state index contributed by atoms with van der Waals surface area (Å²) >= 11 is 0. The van der Waals surface area contributed by atoms with Gasteiger partial charge in [0, 0.05) is 51.4 Å². The summed E-state index contributed by atoms with van der Waals surface area (Å²) in [6, 6.07) is 1.26. The van der Waals surface area contributed by atoms with Gasteiger partial charge in [-0.05, 0) is 26.7 Å². The van der Waals surface area contributed by atoms with Crippen molar-refractivity contribution in [2.75, 3.05) is 39.3 Å². The van der Waals surface area contributed by atoms with E-state index < -0.39 is 0 Å². The van der Waals surface area contributed by atoms with Crippen LogP contribution in [0.2, 0.25) is 0 Å². The SMILES string of the molecule is CCC(C)NCCNCCN(CCN)C(C)CC. The molecule has 0 saturated carbocycles. The lowest BCUT2D eigenvalue weighted by Crippen LogP contribution is -2.42. The first-order valence-electron chi connectivity index (χ1n) is 7.53. The monoisotopic (exact) mass is 258 g/mol. The summed E-state index contributed by atoms with van der Waals surface area (Å²) in [5, 5.41) is 6.97. The van der Waals surface area contributed by atoms with Crippen LogP contribution in [0.25, 0.3) is 0 Å². The zero-order valence-electron chi connectivity index (χ0n) is 12.8. The Morgan fingerprint density at radius 1 is 1.00 bits per heavy atom. The second-order valence-electron chi connectivity index (χ2n) is 5.10. The molecule has 110 valence electrons. The van der Waals surface area contributed by atoms with E-state index in [9.17, 15) is 0 Å². The zero-order valence-corrected chi connectivity index (χ0v) is 12.8. The Hall–Kier alpha value is -0.160. The third-order valence-corrected chi connectivity index (χ3v) is 3.61. The summed E-state index contributed by atoms with van der Waals surface area (Å²) in [6.45, 7) is 14.9. The van der Waals surface area contributed by atoms with E-state index in [1.54, 1.807) is 0 Å². The Labute approximate surface area is 114 Å². The number of nitrogens with one attached hydrogen (secondary N) is 2. The Balaban J connectivity index is 3.54. The first-order chi connectivity index (χ1) is 8.65. The Morgan fingerprint density at radius 3 is 2.28 bits per heavy atom. The van der Waals surface area contributed by atoms with Crippen molar-refractivity contribution in [3.8, 4) is 0 Å². The maximum absolute atomic E-state index is 5.65. The number of rotatable bonds is 12. The van der Waals surface area contributed by atoms with Gasteiger partial charge in [-0.2, -0.15) is 0 Å². The molecule has 0 aromatic heterocycles.